The minimum absolute atomic E-state index is 0.247. The number of hydrogen-bond acceptors (Lipinski definition) is 7. The molecule has 0 aliphatic carbocycles. The summed E-state index contributed by atoms with van der Waals surface area (Å²) in [6.07, 6.45) is 2.94. The third-order valence-corrected chi connectivity index (χ3v) is 6.39. The maximum Gasteiger partial charge on any atom is 0.286 e. The van der Waals surface area contributed by atoms with E-state index in [1.165, 1.54) is 0 Å². The number of oxazole rings is 1. The number of aryl methyl sites for hydroxylation is 1. The Labute approximate surface area is 194 Å². The zero-order valence-electron chi connectivity index (χ0n) is 17.9. The predicted octanol–water partition coefficient (Wildman–Crippen LogP) is 4.93. The average Bonchev–Trinajstić information content (AvgIpc) is 3.40. The van der Waals surface area contributed by atoms with Crippen molar-refractivity contribution in [2.45, 2.75) is 31.6 Å². The van der Waals surface area contributed by atoms with Gasteiger partial charge < -0.3 is 9.15 Å². The Hall–Kier alpha value is -3.65. The fraction of sp³-hybridized carbons (Fsp3) is 0.200. The van der Waals surface area contributed by atoms with Crippen molar-refractivity contribution in [1.29, 1.82) is 0 Å². The Kier molecular flexibility index (Phi) is 5.83. The van der Waals surface area contributed by atoms with Crippen LogP contribution in [-0.2, 0) is 24.2 Å². The maximum atomic E-state index is 11.8. The number of rotatable bonds is 7. The van der Waals surface area contributed by atoms with Crippen LogP contribution in [0, 0.1) is 0 Å². The second kappa shape index (κ2) is 9.07. The topological polar surface area (TPSA) is 94.3 Å². The first-order valence-electron chi connectivity index (χ1n) is 10.7. The maximum absolute atomic E-state index is 11.8. The SMILES string of the molecule is CCc1nc(-c2ccccc2)oc1COc1ccc2cc(CC3SC(=O)NC3=O)cnc2c1. The molecule has 1 unspecified atom stereocenters. The number of thioether (sulfide) groups is 1. The van der Waals surface area contributed by atoms with Crippen LogP contribution >= 0.6 is 11.8 Å². The summed E-state index contributed by atoms with van der Waals surface area (Å²) in [5, 5.41) is 2.55. The van der Waals surface area contributed by atoms with E-state index in [1.807, 2.05) is 61.5 Å². The third kappa shape index (κ3) is 4.61. The molecule has 33 heavy (non-hydrogen) atoms. The Morgan fingerprint density at radius 1 is 1.12 bits per heavy atom. The molecule has 0 bridgehead atoms. The van der Waals surface area contributed by atoms with Crippen LogP contribution in [0.3, 0.4) is 0 Å². The summed E-state index contributed by atoms with van der Waals surface area (Å²) in [5.41, 5.74) is 3.50. The van der Waals surface area contributed by atoms with Gasteiger partial charge >= 0.3 is 0 Å². The molecule has 166 valence electrons. The molecule has 0 radical (unpaired) electrons. The molecular weight excluding hydrogens is 438 g/mol. The molecule has 0 spiro atoms. The van der Waals surface area contributed by atoms with E-state index >= 15 is 0 Å². The van der Waals surface area contributed by atoms with Crippen molar-refractivity contribution in [1.82, 2.24) is 15.3 Å². The van der Waals surface area contributed by atoms with E-state index in [0.717, 1.165) is 45.9 Å². The number of hydrogen-bond donors (Lipinski definition) is 1. The number of aromatic nitrogens is 2. The van der Waals surface area contributed by atoms with E-state index in [2.05, 4.69) is 15.3 Å². The fourth-order valence-electron chi connectivity index (χ4n) is 3.72. The highest BCUT2D eigenvalue weighted by Gasteiger charge is 2.31. The molecular formula is C25H21N3O4S. The van der Waals surface area contributed by atoms with Crippen molar-refractivity contribution in [2.75, 3.05) is 0 Å². The molecule has 1 aliphatic rings. The van der Waals surface area contributed by atoms with Gasteiger partial charge in [-0.3, -0.25) is 19.9 Å². The molecule has 1 saturated heterocycles. The molecule has 0 saturated carbocycles. The van der Waals surface area contributed by atoms with E-state index in [4.69, 9.17) is 9.15 Å². The summed E-state index contributed by atoms with van der Waals surface area (Å²) in [7, 11) is 0. The molecule has 1 fully saturated rings. The molecule has 4 aromatic rings. The first-order valence-corrected chi connectivity index (χ1v) is 11.5. The summed E-state index contributed by atoms with van der Waals surface area (Å²) in [6, 6.07) is 17.5. The number of pyridine rings is 1. The van der Waals surface area contributed by atoms with Crippen LogP contribution in [0.1, 0.15) is 23.9 Å². The molecule has 2 amide bonds. The highest BCUT2D eigenvalue weighted by molar-refractivity contribution is 8.15. The van der Waals surface area contributed by atoms with Gasteiger partial charge in [0.25, 0.3) is 5.24 Å². The van der Waals surface area contributed by atoms with Crippen molar-refractivity contribution in [3.8, 4) is 17.2 Å². The molecule has 5 rings (SSSR count). The van der Waals surface area contributed by atoms with Gasteiger partial charge in [0.15, 0.2) is 5.76 Å². The first-order chi connectivity index (χ1) is 16.1. The lowest BCUT2D eigenvalue weighted by Crippen LogP contribution is -2.25. The van der Waals surface area contributed by atoms with Crippen LogP contribution in [0.4, 0.5) is 4.79 Å². The number of fused-ring (bicyclic) bond motifs is 1. The normalized spacial score (nSPS) is 15.7. The van der Waals surface area contributed by atoms with E-state index < -0.39 is 5.25 Å². The highest BCUT2D eigenvalue weighted by Crippen LogP contribution is 2.27. The van der Waals surface area contributed by atoms with E-state index in [9.17, 15) is 9.59 Å². The number of carbonyl (C=O) groups excluding carboxylic acids is 2. The largest absolute Gasteiger partial charge is 0.486 e. The molecule has 3 heterocycles. The summed E-state index contributed by atoms with van der Waals surface area (Å²) >= 11 is 1.02. The number of amides is 2. The number of carbonyl (C=O) groups is 2. The Bertz CT molecular complexity index is 1340. The number of nitrogens with zero attached hydrogens (tertiary/aromatic N) is 2. The summed E-state index contributed by atoms with van der Waals surface area (Å²) in [5.74, 6) is 1.73. The lowest BCUT2D eigenvalue weighted by Gasteiger charge is -2.08. The molecule has 1 N–H and O–H groups in total. The predicted molar refractivity (Wildman–Crippen MR) is 126 cm³/mol. The standard InChI is InChI=1S/C25H21N3O4S/c1-2-19-21(32-24(27-19)16-6-4-3-5-7-16)14-31-18-9-8-17-10-15(13-26-20(17)12-18)11-22-23(29)28-25(30)33-22/h3-10,12-13,22H,2,11,14H2,1H3,(H,28,29,30). The lowest BCUT2D eigenvalue weighted by atomic mass is 10.1. The minimum Gasteiger partial charge on any atom is -0.486 e. The van der Waals surface area contributed by atoms with Crippen molar-refractivity contribution >= 4 is 33.8 Å². The van der Waals surface area contributed by atoms with Crippen LogP contribution in [0.15, 0.2) is 65.2 Å². The molecule has 8 heteroatoms. The molecule has 1 atom stereocenters. The van der Waals surface area contributed by atoms with E-state index in [0.29, 0.717) is 23.8 Å². The third-order valence-electron chi connectivity index (χ3n) is 5.40. The van der Waals surface area contributed by atoms with Crippen LogP contribution in [0.2, 0.25) is 0 Å². The minimum atomic E-state index is -0.408. The quantitative estimate of drug-likeness (QED) is 0.419. The van der Waals surface area contributed by atoms with Gasteiger partial charge in [0.05, 0.1) is 16.5 Å². The zero-order valence-corrected chi connectivity index (χ0v) is 18.7. The Morgan fingerprint density at radius 2 is 1.97 bits per heavy atom. The zero-order chi connectivity index (χ0) is 22.8. The number of ether oxygens (including phenoxy) is 1. The smallest absolute Gasteiger partial charge is 0.286 e. The van der Waals surface area contributed by atoms with Crippen LogP contribution in [0.5, 0.6) is 5.75 Å². The van der Waals surface area contributed by atoms with Crippen LogP contribution in [0.25, 0.3) is 22.4 Å². The van der Waals surface area contributed by atoms with Gasteiger partial charge in [0.1, 0.15) is 12.4 Å². The Balaban J connectivity index is 1.29. The van der Waals surface area contributed by atoms with Crippen molar-refractivity contribution < 1.29 is 18.7 Å². The second-order valence-corrected chi connectivity index (χ2v) is 8.86. The summed E-state index contributed by atoms with van der Waals surface area (Å²) in [6.45, 7) is 2.31. The van der Waals surface area contributed by atoms with Gasteiger partial charge in [-0.2, -0.15) is 0 Å². The molecule has 2 aromatic carbocycles. The Morgan fingerprint density at radius 3 is 2.73 bits per heavy atom. The van der Waals surface area contributed by atoms with Gasteiger partial charge in [0.2, 0.25) is 11.8 Å². The number of imide groups is 1. The summed E-state index contributed by atoms with van der Waals surface area (Å²) < 4.78 is 12.0. The van der Waals surface area contributed by atoms with Gasteiger partial charge in [-0.15, -0.1) is 0 Å². The van der Waals surface area contributed by atoms with Gasteiger partial charge in [-0.1, -0.05) is 36.9 Å². The summed E-state index contributed by atoms with van der Waals surface area (Å²) in [4.78, 5) is 32.3. The molecule has 7 nitrogen and oxygen atoms in total. The highest BCUT2D eigenvalue weighted by atomic mass is 32.2. The van der Waals surface area contributed by atoms with Gasteiger partial charge in [-0.05, 0) is 48.7 Å². The molecule has 1 aliphatic heterocycles. The second-order valence-electron chi connectivity index (χ2n) is 7.68. The average molecular weight is 460 g/mol. The van der Waals surface area contributed by atoms with Crippen LogP contribution < -0.4 is 10.1 Å². The van der Waals surface area contributed by atoms with Gasteiger partial charge in [-0.25, -0.2) is 4.98 Å². The van der Waals surface area contributed by atoms with E-state index in [1.54, 1.807) is 6.20 Å². The number of nitrogens with one attached hydrogen (secondary N) is 1. The van der Waals surface area contributed by atoms with Gasteiger partial charge in [0, 0.05) is 23.2 Å². The lowest BCUT2D eigenvalue weighted by molar-refractivity contribution is -0.118. The fourth-order valence-corrected chi connectivity index (χ4v) is 4.58. The van der Waals surface area contributed by atoms with Crippen molar-refractivity contribution in [3.63, 3.8) is 0 Å². The monoisotopic (exact) mass is 459 g/mol. The van der Waals surface area contributed by atoms with Crippen molar-refractivity contribution in [3.05, 3.63) is 77.8 Å². The van der Waals surface area contributed by atoms with Crippen LogP contribution in [-0.4, -0.2) is 26.4 Å². The van der Waals surface area contributed by atoms with E-state index in [-0.39, 0.29) is 17.8 Å². The first kappa shape index (κ1) is 21.2. The number of benzene rings is 2. The van der Waals surface area contributed by atoms with Crippen molar-refractivity contribution in [2.24, 2.45) is 0 Å². The molecule has 2 aromatic heterocycles.